The van der Waals surface area contributed by atoms with E-state index in [1.807, 2.05) is 0 Å². The molecule has 0 heterocycles. The Morgan fingerprint density at radius 1 is 0.700 bits per heavy atom. The summed E-state index contributed by atoms with van der Waals surface area (Å²) in [6.45, 7) is 4.61. The van der Waals surface area contributed by atoms with Gasteiger partial charge < -0.3 is 0 Å². The van der Waals surface area contributed by atoms with E-state index in [1.54, 1.807) is 0 Å². The molecule has 0 aliphatic heterocycles. The fraction of sp³-hybridized carbons (Fsp3) is 0.966. The number of fused-ring (bicyclic) bond motifs is 1. The summed E-state index contributed by atoms with van der Waals surface area (Å²) in [5, 5.41) is 10.0. The highest BCUT2D eigenvalue weighted by molar-refractivity contribution is 5.04. The molecule has 0 radical (unpaired) electrons. The van der Waals surface area contributed by atoms with Gasteiger partial charge in [-0.05, 0) is 87.4 Å². The van der Waals surface area contributed by atoms with Gasteiger partial charge in [0.1, 0.15) is 0 Å². The van der Waals surface area contributed by atoms with Crippen molar-refractivity contribution in [2.75, 3.05) is 0 Å². The summed E-state index contributed by atoms with van der Waals surface area (Å²) in [4.78, 5) is 0. The van der Waals surface area contributed by atoms with E-state index >= 15 is 0 Å². The number of rotatable bonds is 11. The summed E-state index contributed by atoms with van der Waals surface area (Å²) in [6, 6.07) is 2.84. The molecule has 3 saturated carbocycles. The minimum Gasteiger partial charge on any atom is -0.198 e. The number of nitriles is 1. The van der Waals surface area contributed by atoms with Gasteiger partial charge in [0.2, 0.25) is 0 Å². The largest absolute Gasteiger partial charge is 0.198 e. The number of unbranched alkanes of at least 4 members (excludes halogenated alkanes) is 6. The summed E-state index contributed by atoms with van der Waals surface area (Å²) >= 11 is 0. The molecule has 1 heteroatoms. The van der Waals surface area contributed by atoms with Crippen LogP contribution in [0.2, 0.25) is 0 Å². The smallest absolute Gasteiger partial charge is 0.0689 e. The molecule has 0 saturated heterocycles. The average Bonchev–Trinajstić information content (AvgIpc) is 2.79. The molecule has 0 aromatic rings. The van der Waals surface area contributed by atoms with Crippen molar-refractivity contribution in [3.8, 4) is 6.07 Å². The normalized spacial score (nSPS) is 36.8. The van der Waals surface area contributed by atoms with E-state index in [-0.39, 0.29) is 5.41 Å². The van der Waals surface area contributed by atoms with Crippen molar-refractivity contribution in [3.05, 3.63) is 0 Å². The molecule has 3 aliphatic carbocycles. The summed E-state index contributed by atoms with van der Waals surface area (Å²) in [6.07, 6.45) is 28.0. The second kappa shape index (κ2) is 12.5. The van der Waals surface area contributed by atoms with E-state index in [1.165, 1.54) is 128 Å². The Bertz CT molecular complexity index is 511. The lowest BCUT2D eigenvalue weighted by atomic mass is 9.57. The van der Waals surface area contributed by atoms with Crippen LogP contribution in [-0.4, -0.2) is 0 Å². The molecule has 1 nitrogen and oxygen atoms in total. The topological polar surface area (TPSA) is 23.8 Å². The van der Waals surface area contributed by atoms with Crippen molar-refractivity contribution in [2.24, 2.45) is 35.0 Å². The van der Waals surface area contributed by atoms with Crippen LogP contribution in [0.1, 0.15) is 142 Å². The first-order valence-corrected chi connectivity index (χ1v) is 14.1. The van der Waals surface area contributed by atoms with Crippen molar-refractivity contribution in [1.82, 2.24) is 0 Å². The Balaban J connectivity index is 1.40. The molecule has 0 spiro atoms. The maximum atomic E-state index is 10.0. The van der Waals surface area contributed by atoms with Crippen molar-refractivity contribution in [1.29, 1.82) is 5.26 Å². The van der Waals surface area contributed by atoms with Gasteiger partial charge in [0.15, 0.2) is 0 Å². The van der Waals surface area contributed by atoms with Gasteiger partial charge in [-0.1, -0.05) is 84.5 Å². The van der Waals surface area contributed by atoms with E-state index in [4.69, 9.17) is 0 Å². The van der Waals surface area contributed by atoms with Crippen LogP contribution in [0.5, 0.6) is 0 Å². The van der Waals surface area contributed by atoms with E-state index in [2.05, 4.69) is 19.9 Å². The van der Waals surface area contributed by atoms with Gasteiger partial charge in [-0.2, -0.15) is 5.26 Å². The molecule has 30 heavy (non-hydrogen) atoms. The first-order valence-electron chi connectivity index (χ1n) is 14.1. The lowest BCUT2D eigenvalue weighted by Crippen LogP contribution is -2.38. The van der Waals surface area contributed by atoms with Crippen LogP contribution in [0, 0.1) is 46.3 Å². The van der Waals surface area contributed by atoms with Crippen molar-refractivity contribution < 1.29 is 0 Å². The monoisotopic (exact) mass is 413 g/mol. The first-order chi connectivity index (χ1) is 14.7. The van der Waals surface area contributed by atoms with E-state index < -0.39 is 0 Å². The second-order valence-electron chi connectivity index (χ2n) is 11.7. The average molecular weight is 414 g/mol. The van der Waals surface area contributed by atoms with Gasteiger partial charge in [-0.25, -0.2) is 0 Å². The Morgan fingerprint density at radius 3 is 2.07 bits per heavy atom. The molecular weight excluding hydrogens is 362 g/mol. The molecule has 0 bridgehead atoms. The lowest BCUT2D eigenvalue weighted by molar-refractivity contribution is 0.0377. The third-order valence-electron chi connectivity index (χ3n) is 9.60. The summed E-state index contributed by atoms with van der Waals surface area (Å²) in [5.74, 6) is 4.93. The van der Waals surface area contributed by atoms with Crippen LogP contribution >= 0.6 is 0 Å². The number of hydrogen-bond donors (Lipinski definition) is 0. The van der Waals surface area contributed by atoms with Gasteiger partial charge in [0.05, 0.1) is 11.5 Å². The molecule has 4 unspecified atom stereocenters. The molecule has 4 atom stereocenters. The van der Waals surface area contributed by atoms with Crippen molar-refractivity contribution in [3.63, 3.8) is 0 Å². The summed E-state index contributed by atoms with van der Waals surface area (Å²) in [7, 11) is 0. The maximum Gasteiger partial charge on any atom is 0.0689 e. The highest BCUT2D eigenvalue weighted by atomic mass is 14.5. The zero-order valence-corrected chi connectivity index (χ0v) is 20.5. The predicted molar refractivity (Wildman–Crippen MR) is 129 cm³/mol. The van der Waals surface area contributed by atoms with E-state index in [0.717, 1.165) is 29.6 Å². The van der Waals surface area contributed by atoms with Crippen LogP contribution in [-0.2, 0) is 0 Å². The molecule has 3 aliphatic rings. The standard InChI is InChI=1S/C29H51N/c1-3-5-7-8-10-19-29(23-30)20-18-27-21-26(16-17-28(27)22-29)25-14-12-24(13-15-25)11-9-6-4-2/h24-28H,3-22H2,1-2H3. The molecule has 3 rings (SSSR count). The van der Waals surface area contributed by atoms with Crippen molar-refractivity contribution >= 4 is 0 Å². The van der Waals surface area contributed by atoms with Gasteiger partial charge >= 0.3 is 0 Å². The van der Waals surface area contributed by atoms with Crippen LogP contribution < -0.4 is 0 Å². The van der Waals surface area contributed by atoms with Gasteiger partial charge in [0.25, 0.3) is 0 Å². The highest BCUT2D eigenvalue weighted by Gasteiger charge is 2.44. The molecule has 172 valence electrons. The molecule has 0 N–H and O–H groups in total. The number of nitrogens with zero attached hydrogens (tertiary/aromatic N) is 1. The van der Waals surface area contributed by atoms with Gasteiger partial charge in [-0.3, -0.25) is 0 Å². The predicted octanol–water partition coefficient (Wildman–Crippen LogP) is 9.46. The van der Waals surface area contributed by atoms with E-state index in [0.29, 0.717) is 0 Å². The zero-order valence-electron chi connectivity index (χ0n) is 20.5. The zero-order chi connectivity index (χ0) is 21.2. The summed E-state index contributed by atoms with van der Waals surface area (Å²) in [5.41, 5.74) is 0.0385. The maximum absolute atomic E-state index is 10.0. The minimum atomic E-state index is 0.0385. The Morgan fingerprint density at radius 2 is 1.33 bits per heavy atom. The second-order valence-corrected chi connectivity index (χ2v) is 11.7. The Kier molecular flexibility index (Phi) is 10.1. The molecular formula is C29H51N. The molecule has 0 aromatic heterocycles. The fourth-order valence-electron chi connectivity index (χ4n) is 7.56. The van der Waals surface area contributed by atoms with Crippen LogP contribution in [0.4, 0.5) is 0 Å². The number of hydrogen-bond acceptors (Lipinski definition) is 1. The highest BCUT2D eigenvalue weighted by Crippen LogP contribution is 2.53. The lowest BCUT2D eigenvalue weighted by Gasteiger charge is -2.47. The molecule has 0 amide bonds. The van der Waals surface area contributed by atoms with Crippen LogP contribution in [0.15, 0.2) is 0 Å². The SMILES string of the molecule is CCCCCCCC1(C#N)CCC2CC(C3CCC(CCCCC)CC3)CCC2C1. The Hall–Kier alpha value is -0.510. The third-order valence-corrected chi connectivity index (χ3v) is 9.60. The first kappa shape index (κ1) is 24.1. The van der Waals surface area contributed by atoms with E-state index in [9.17, 15) is 5.26 Å². The molecule has 3 fully saturated rings. The summed E-state index contributed by atoms with van der Waals surface area (Å²) < 4.78 is 0. The van der Waals surface area contributed by atoms with Crippen molar-refractivity contribution in [2.45, 2.75) is 142 Å². The Labute approximate surface area is 188 Å². The van der Waals surface area contributed by atoms with Crippen LogP contribution in [0.25, 0.3) is 0 Å². The van der Waals surface area contributed by atoms with Gasteiger partial charge in [0, 0.05) is 0 Å². The molecule has 0 aromatic carbocycles. The quantitative estimate of drug-likeness (QED) is 0.309. The van der Waals surface area contributed by atoms with Gasteiger partial charge in [-0.15, -0.1) is 0 Å². The van der Waals surface area contributed by atoms with Crippen LogP contribution in [0.3, 0.4) is 0 Å². The minimum absolute atomic E-state index is 0.0385. The fourth-order valence-corrected chi connectivity index (χ4v) is 7.56. The third kappa shape index (κ3) is 6.74.